The van der Waals surface area contributed by atoms with Crippen LogP contribution in [-0.4, -0.2) is 20.6 Å². The first-order valence-electron chi connectivity index (χ1n) is 9.14. The van der Waals surface area contributed by atoms with E-state index in [1.165, 1.54) is 22.9 Å². The van der Waals surface area contributed by atoms with Crippen LogP contribution in [0.3, 0.4) is 0 Å². The second kappa shape index (κ2) is 9.36. The molecule has 0 N–H and O–H groups in total. The molecule has 0 aliphatic carbocycles. The van der Waals surface area contributed by atoms with Crippen LogP contribution in [0.5, 0.6) is 5.75 Å². The number of aromatic nitrogens is 2. The molecule has 31 heavy (non-hydrogen) atoms. The summed E-state index contributed by atoms with van der Waals surface area (Å²) in [6.07, 6.45) is 1.49. The van der Waals surface area contributed by atoms with E-state index in [1.54, 1.807) is 50.2 Å². The van der Waals surface area contributed by atoms with E-state index in [0.717, 1.165) is 5.56 Å². The number of aryl methyl sites for hydroxylation is 2. The van der Waals surface area contributed by atoms with Gasteiger partial charge in [0.1, 0.15) is 24.0 Å². The van der Waals surface area contributed by atoms with Crippen LogP contribution in [0.1, 0.15) is 27.3 Å². The summed E-state index contributed by atoms with van der Waals surface area (Å²) in [6.45, 7) is 3.76. The van der Waals surface area contributed by atoms with Gasteiger partial charge in [-0.25, -0.2) is 4.68 Å². The van der Waals surface area contributed by atoms with Crippen molar-refractivity contribution in [1.29, 1.82) is 5.26 Å². The summed E-state index contributed by atoms with van der Waals surface area (Å²) in [4.78, 5) is 22.9. The summed E-state index contributed by atoms with van der Waals surface area (Å²) in [5, 5.41) is 24.3. The topological polar surface area (TPSA) is 111 Å². The number of nitro benzene ring substituents is 1. The van der Waals surface area contributed by atoms with Gasteiger partial charge in [-0.2, -0.15) is 10.4 Å². The molecule has 8 nitrogen and oxygen atoms in total. The number of non-ortho nitro benzene ring substituents is 1. The lowest BCUT2D eigenvalue weighted by molar-refractivity contribution is -0.384. The van der Waals surface area contributed by atoms with Gasteiger partial charge in [-0.1, -0.05) is 6.07 Å². The average Bonchev–Trinajstić information content (AvgIpc) is 3.09. The van der Waals surface area contributed by atoms with E-state index in [-0.39, 0.29) is 17.9 Å². The van der Waals surface area contributed by atoms with Crippen molar-refractivity contribution in [2.75, 3.05) is 0 Å². The zero-order valence-electron chi connectivity index (χ0n) is 16.7. The Balaban J connectivity index is 1.74. The highest BCUT2D eigenvalue weighted by atomic mass is 79.9. The Morgan fingerprint density at radius 2 is 1.97 bits per heavy atom. The number of halogens is 1. The summed E-state index contributed by atoms with van der Waals surface area (Å²) in [7, 11) is 0. The molecule has 0 aliphatic heterocycles. The smallest absolute Gasteiger partial charge is 0.289 e. The van der Waals surface area contributed by atoms with Gasteiger partial charge in [0.2, 0.25) is 0 Å². The molecule has 0 amide bonds. The minimum atomic E-state index is -0.497. The van der Waals surface area contributed by atoms with Gasteiger partial charge in [-0.3, -0.25) is 14.9 Å². The second-order valence-electron chi connectivity index (χ2n) is 6.72. The third-order valence-corrected chi connectivity index (χ3v) is 4.98. The number of rotatable bonds is 6. The Labute approximate surface area is 186 Å². The highest BCUT2D eigenvalue weighted by Crippen LogP contribution is 2.28. The first kappa shape index (κ1) is 21.9. The minimum absolute atomic E-state index is 0.0179. The molecule has 0 spiro atoms. The molecule has 0 saturated heterocycles. The zero-order valence-corrected chi connectivity index (χ0v) is 18.3. The number of nitro groups is 1. The van der Waals surface area contributed by atoms with Crippen molar-refractivity contribution in [2.24, 2.45) is 0 Å². The number of hydrogen-bond donors (Lipinski definition) is 0. The summed E-state index contributed by atoms with van der Waals surface area (Å²) in [6, 6.07) is 15.0. The van der Waals surface area contributed by atoms with E-state index in [4.69, 9.17) is 4.74 Å². The number of hydrogen-bond acceptors (Lipinski definition) is 6. The molecule has 0 aliphatic rings. The summed E-state index contributed by atoms with van der Waals surface area (Å²) in [5.74, 6) is 0.0570. The monoisotopic (exact) mass is 480 g/mol. The molecule has 3 rings (SSSR count). The Morgan fingerprint density at radius 1 is 1.26 bits per heavy atom. The third kappa shape index (κ3) is 5.24. The fraction of sp³-hybridized carbons (Fsp3) is 0.136. The fourth-order valence-electron chi connectivity index (χ4n) is 2.86. The summed E-state index contributed by atoms with van der Waals surface area (Å²) in [5.41, 5.74) is 2.74. The largest absolute Gasteiger partial charge is 0.488 e. The van der Waals surface area contributed by atoms with Crippen LogP contribution < -0.4 is 4.74 Å². The molecule has 2 aromatic carbocycles. The molecule has 1 aromatic heterocycles. The van der Waals surface area contributed by atoms with Gasteiger partial charge >= 0.3 is 0 Å². The summed E-state index contributed by atoms with van der Waals surface area (Å²) < 4.78 is 7.61. The lowest BCUT2D eigenvalue weighted by atomic mass is 10.1. The van der Waals surface area contributed by atoms with E-state index < -0.39 is 10.8 Å². The molecule has 156 valence electrons. The number of ether oxygens (including phenoxy) is 1. The van der Waals surface area contributed by atoms with E-state index in [2.05, 4.69) is 21.0 Å². The molecule has 0 unspecified atom stereocenters. The van der Waals surface area contributed by atoms with Gasteiger partial charge in [0.05, 0.1) is 15.1 Å². The average molecular weight is 481 g/mol. The van der Waals surface area contributed by atoms with Gasteiger partial charge in [-0.15, -0.1) is 0 Å². The molecule has 0 atom stereocenters. The molecule has 0 fully saturated rings. The minimum Gasteiger partial charge on any atom is -0.488 e. The van der Waals surface area contributed by atoms with Crippen LogP contribution >= 0.6 is 15.9 Å². The quantitative estimate of drug-likeness (QED) is 0.212. The SMILES string of the molecule is Cc1cc(C)n(C(=O)/C(C#N)=C/c2ccc(OCc3ccc([N+](=O)[O-])cc3)c(Br)c2)n1. The molecule has 0 saturated carbocycles. The molecule has 9 heteroatoms. The van der Waals surface area contributed by atoms with E-state index in [1.807, 2.05) is 6.07 Å². The maximum atomic E-state index is 12.6. The second-order valence-corrected chi connectivity index (χ2v) is 7.57. The van der Waals surface area contributed by atoms with E-state index >= 15 is 0 Å². The maximum absolute atomic E-state index is 12.6. The van der Waals surface area contributed by atoms with E-state index in [0.29, 0.717) is 27.2 Å². The number of allylic oxidation sites excluding steroid dienone is 1. The van der Waals surface area contributed by atoms with E-state index in [9.17, 15) is 20.2 Å². The van der Waals surface area contributed by atoms with Crippen molar-refractivity contribution in [3.63, 3.8) is 0 Å². The zero-order chi connectivity index (χ0) is 22.5. The molecule has 0 bridgehead atoms. The number of nitrogens with zero attached hydrogens (tertiary/aromatic N) is 4. The first-order valence-corrected chi connectivity index (χ1v) is 9.93. The van der Waals surface area contributed by atoms with Crippen LogP contribution in [0.2, 0.25) is 0 Å². The van der Waals surface area contributed by atoms with Crippen LogP contribution in [0.25, 0.3) is 6.08 Å². The Kier molecular flexibility index (Phi) is 6.62. The lowest BCUT2D eigenvalue weighted by Gasteiger charge is -2.09. The number of carbonyl (C=O) groups excluding carboxylic acids is 1. The van der Waals surface area contributed by atoms with Crippen molar-refractivity contribution in [3.05, 3.63) is 91.2 Å². The lowest BCUT2D eigenvalue weighted by Crippen LogP contribution is -2.15. The van der Waals surface area contributed by atoms with Crippen molar-refractivity contribution in [1.82, 2.24) is 9.78 Å². The van der Waals surface area contributed by atoms with Crippen molar-refractivity contribution in [3.8, 4) is 11.8 Å². The molecule has 1 heterocycles. The Bertz CT molecular complexity index is 1220. The highest BCUT2D eigenvalue weighted by molar-refractivity contribution is 9.10. The third-order valence-electron chi connectivity index (χ3n) is 4.36. The summed E-state index contributed by atoms with van der Waals surface area (Å²) >= 11 is 3.43. The predicted molar refractivity (Wildman–Crippen MR) is 117 cm³/mol. The Hall–Kier alpha value is -3.77. The van der Waals surface area contributed by atoms with Gasteiger partial charge in [0.15, 0.2) is 0 Å². The van der Waals surface area contributed by atoms with Crippen LogP contribution in [-0.2, 0) is 6.61 Å². The number of benzene rings is 2. The molecular weight excluding hydrogens is 464 g/mol. The van der Waals surface area contributed by atoms with Gasteiger partial charge < -0.3 is 4.74 Å². The first-order chi connectivity index (χ1) is 14.8. The van der Waals surface area contributed by atoms with Gasteiger partial charge in [-0.05, 0) is 77.3 Å². The number of nitriles is 1. The standard InChI is InChI=1S/C22H17BrN4O4/c1-14-9-15(2)26(25-14)22(28)18(12-24)10-17-5-8-21(20(23)11-17)31-13-16-3-6-19(7-4-16)27(29)30/h3-11H,13H2,1-2H3/b18-10+. The molecule has 0 radical (unpaired) electrons. The van der Waals surface area contributed by atoms with Crippen LogP contribution in [0.15, 0.2) is 58.6 Å². The van der Waals surface area contributed by atoms with Crippen molar-refractivity contribution >= 4 is 33.6 Å². The normalized spacial score (nSPS) is 11.1. The maximum Gasteiger partial charge on any atom is 0.289 e. The predicted octanol–water partition coefficient (Wildman–Crippen LogP) is 5.00. The highest BCUT2D eigenvalue weighted by Gasteiger charge is 2.16. The van der Waals surface area contributed by atoms with Crippen molar-refractivity contribution in [2.45, 2.75) is 20.5 Å². The molecular formula is C22H17BrN4O4. The van der Waals surface area contributed by atoms with Crippen molar-refractivity contribution < 1.29 is 14.5 Å². The Morgan fingerprint density at radius 3 is 2.52 bits per heavy atom. The van der Waals surface area contributed by atoms with Gasteiger partial charge in [0, 0.05) is 17.8 Å². The number of carbonyl (C=O) groups is 1. The fourth-order valence-corrected chi connectivity index (χ4v) is 3.37. The van der Waals surface area contributed by atoms with Gasteiger partial charge in [0.25, 0.3) is 11.6 Å². The molecule has 3 aromatic rings. The van der Waals surface area contributed by atoms with Crippen LogP contribution in [0.4, 0.5) is 5.69 Å². The van der Waals surface area contributed by atoms with Crippen LogP contribution in [0, 0.1) is 35.3 Å².